The van der Waals surface area contributed by atoms with Gasteiger partial charge in [0.1, 0.15) is 0 Å². The van der Waals surface area contributed by atoms with Crippen molar-refractivity contribution in [3.8, 4) is 0 Å². The van der Waals surface area contributed by atoms with Crippen LogP contribution in [0.5, 0.6) is 0 Å². The third-order valence-electron chi connectivity index (χ3n) is 2.22. The van der Waals surface area contributed by atoms with E-state index in [1.165, 1.54) is 12.8 Å². The van der Waals surface area contributed by atoms with Crippen LogP contribution in [-0.2, 0) is 4.79 Å². The first kappa shape index (κ1) is 8.53. The molecule has 1 fully saturated rings. The van der Waals surface area contributed by atoms with Gasteiger partial charge in [0.05, 0.1) is 6.04 Å². The number of carbonyl (C=O) groups is 1. The largest absolute Gasteiger partial charge is 0.341 e. The van der Waals surface area contributed by atoms with E-state index >= 15 is 0 Å². The Labute approximate surface area is 67.8 Å². The second-order valence-electron chi connectivity index (χ2n) is 3.04. The standard InChI is InChI=1S/C8H16N2O/c1-7(9-2)8(11)10-5-3-4-6-10/h7,9H,3-6H2,1-2H3/t7-/m1/s1. The van der Waals surface area contributed by atoms with Gasteiger partial charge in [0, 0.05) is 13.1 Å². The van der Waals surface area contributed by atoms with Crippen LogP contribution in [0.15, 0.2) is 0 Å². The molecule has 3 heteroatoms. The molecule has 0 aromatic carbocycles. The van der Waals surface area contributed by atoms with Crippen molar-refractivity contribution < 1.29 is 4.79 Å². The first-order chi connectivity index (χ1) is 5.25. The van der Waals surface area contributed by atoms with Gasteiger partial charge in [0.15, 0.2) is 0 Å². The molecule has 0 aliphatic carbocycles. The molecule has 64 valence electrons. The molecule has 0 aromatic rings. The third-order valence-corrected chi connectivity index (χ3v) is 2.22. The zero-order chi connectivity index (χ0) is 8.27. The van der Waals surface area contributed by atoms with Gasteiger partial charge >= 0.3 is 0 Å². The molecule has 0 unspecified atom stereocenters. The first-order valence-electron chi connectivity index (χ1n) is 4.21. The predicted octanol–water partition coefficient (Wildman–Crippen LogP) is 0.217. The Kier molecular flexibility index (Phi) is 2.88. The van der Waals surface area contributed by atoms with E-state index < -0.39 is 0 Å². The van der Waals surface area contributed by atoms with Crippen LogP contribution < -0.4 is 5.32 Å². The van der Waals surface area contributed by atoms with Crippen LogP contribution >= 0.6 is 0 Å². The van der Waals surface area contributed by atoms with Crippen molar-refractivity contribution in [1.82, 2.24) is 10.2 Å². The van der Waals surface area contributed by atoms with Crippen LogP contribution in [0.4, 0.5) is 0 Å². The van der Waals surface area contributed by atoms with Crippen molar-refractivity contribution in [3.63, 3.8) is 0 Å². The fourth-order valence-electron chi connectivity index (χ4n) is 1.33. The molecule has 1 heterocycles. The van der Waals surface area contributed by atoms with E-state index in [4.69, 9.17) is 0 Å². The van der Waals surface area contributed by atoms with Crippen LogP contribution in [0.3, 0.4) is 0 Å². The molecule has 1 rings (SSSR count). The van der Waals surface area contributed by atoms with E-state index in [2.05, 4.69) is 5.32 Å². The van der Waals surface area contributed by atoms with Gasteiger partial charge in [-0.05, 0) is 26.8 Å². The van der Waals surface area contributed by atoms with Gasteiger partial charge in [0.2, 0.25) is 5.91 Å². The van der Waals surface area contributed by atoms with Crippen molar-refractivity contribution in [3.05, 3.63) is 0 Å². The predicted molar refractivity (Wildman–Crippen MR) is 44.3 cm³/mol. The average molecular weight is 156 g/mol. The third kappa shape index (κ3) is 1.93. The molecule has 0 radical (unpaired) electrons. The number of amides is 1. The summed E-state index contributed by atoms with van der Waals surface area (Å²) in [5.74, 6) is 0.241. The first-order valence-corrected chi connectivity index (χ1v) is 4.21. The van der Waals surface area contributed by atoms with Crippen molar-refractivity contribution in [2.75, 3.05) is 20.1 Å². The fraction of sp³-hybridized carbons (Fsp3) is 0.875. The maximum absolute atomic E-state index is 11.4. The van der Waals surface area contributed by atoms with Gasteiger partial charge in [-0.25, -0.2) is 0 Å². The van der Waals surface area contributed by atoms with Crippen LogP contribution in [0.2, 0.25) is 0 Å². The molecule has 1 atom stereocenters. The normalized spacial score (nSPS) is 20.4. The molecule has 1 N–H and O–H groups in total. The summed E-state index contributed by atoms with van der Waals surface area (Å²) in [6.07, 6.45) is 2.34. The smallest absolute Gasteiger partial charge is 0.239 e. The Balaban J connectivity index is 2.39. The summed E-state index contributed by atoms with van der Waals surface area (Å²) in [5.41, 5.74) is 0. The monoisotopic (exact) mass is 156 g/mol. The lowest BCUT2D eigenvalue weighted by atomic mass is 10.3. The number of likely N-dealkylation sites (tertiary alicyclic amines) is 1. The molecule has 3 nitrogen and oxygen atoms in total. The lowest BCUT2D eigenvalue weighted by molar-refractivity contribution is -0.131. The molecule has 11 heavy (non-hydrogen) atoms. The van der Waals surface area contributed by atoms with Crippen LogP contribution in [0.1, 0.15) is 19.8 Å². The molecule has 0 spiro atoms. The van der Waals surface area contributed by atoms with E-state index in [-0.39, 0.29) is 11.9 Å². The molecule has 0 saturated carbocycles. The summed E-state index contributed by atoms with van der Waals surface area (Å²) >= 11 is 0. The summed E-state index contributed by atoms with van der Waals surface area (Å²) in [4.78, 5) is 13.4. The van der Waals surface area contributed by atoms with Crippen LogP contribution in [-0.4, -0.2) is 37.0 Å². The molecule has 1 aliphatic rings. The molecule has 1 aliphatic heterocycles. The van der Waals surface area contributed by atoms with E-state index in [0.717, 1.165) is 13.1 Å². The van der Waals surface area contributed by atoms with Crippen LogP contribution in [0.25, 0.3) is 0 Å². The second-order valence-corrected chi connectivity index (χ2v) is 3.04. The number of nitrogens with zero attached hydrogens (tertiary/aromatic N) is 1. The number of carbonyl (C=O) groups excluding carboxylic acids is 1. The van der Waals surface area contributed by atoms with Gasteiger partial charge in [0.25, 0.3) is 0 Å². The summed E-state index contributed by atoms with van der Waals surface area (Å²) in [7, 11) is 1.82. The highest BCUT2D eigenvalue weighted by Crippen LogP contribution is 2.08. The van der Waals surface area contributed by atoms with Crippen molar-refractivity contribution >= 4 is 5.91 Å². The summed E-state index contributed by atoms with van der Waals surface area (Å²) in [6.45, 7) is 3.80. The molecule has 1 saturated heterocycles. The van der Waals surface area contributed by atoms with Gasteiger partial charge in [-0.2, -0.15) is 0 Å². The maximum Gasteiger partial charge on any atom is 0.239 e. The fourth-order valence-corrected chi connectivity index (χ4v) is 1.33. The molecule has 0 bridgehead atoms. The van der Waals surface area contributed by atoms with Crippen molar-refractivity contribution in [2.45, 2.75) is 25.8 Å². The Morgan fingerprint density at radius 3 is 2.45 bits per heavy atom. The molecule has 0 aromatic heterocycles. The number of likely N-dealkylation sites (N-methyl/N-ethyl adjacent to an activating group) is 1. The highest BCUT2D eigenvalue weighted by atomic mass is 16.2. The highest BCUT2D eigenvalue weighted by Gasteiger charge is 2.21. The minimum absolute atomic E-state index is 0.0203. The summed E-state index contributed by atoms with van der Waals surface area (Å²) in [6, 6.07) is -0.0203. The summed E-state index contributed by atoms with van der Waals surface area (Å²) < 4.78 is 0. The lowest BCUT2D eigenvalue weighted by Gasteiger charge is -2.19. The van der Waals surface area contributed by atoms with Gasteiger partial charge in [-0.1, -0.05) is 0 Å². The maximum atomic E-state index is 11.4. The number of rotatable bonds is 2. The van der Waals surface area contributed by atoms with Crippen LogP contribution in [0, 0.1) is 0 Å². The molecular weight excluding hydrogens is 140 g/mol. The van der Waals surface area contributed by atoms with Gasteiger partial charge in [-0.15, -0.1) is 0 Å². The Bertz CT molecular complexity index is 141. The highest BCUT2D eigenvalue weighted by molar-refractivity contribution is 5.81. The number of hydrogen-bond donors (Lipinski definition) is 1. The average Bonchev–Trinajstić information content (AvgIpc) is 2.53. The lowest BCUT2D eigenvalue weighted by Crippen LogP contribution is -2.42. The molecule has 1 amide bonds. The molecular formula is C8H16N2O. The van der Waals surface area contributed by atoms with Crippen molar-refractivity contribution in [1.29, 1.82) is 0 Å². The van der Waals surface area contributed by atoms with E-state index in [1.807, 2.05) is 18.9 Å². The second kappa shape index (κ2) is 3.72. The van der Waals surface area contributed by atoms with Gasteiger partial charge in [-0.3, -0.25) is 4.79 Å². The SMILES string of the molecule is CN[C@H](C)C(=O)N1CCCC1. The van der Waals surface area contributed by atoms with Gasteiger partial charge < -0.3 is 10.2 Å². The summed E-state index contributed by atoms with van der Waals surface area (Å²) in [5, 5.41) is 2.95. The zero-order valence-corrected chi connectivity index (χ0v) is 7.26. The zero-order valence-electron chi connectivity index (χ0n) is 7.26. The number of hydrogen-bond acceptors (Lipinski definition) is 2. The number of nitrogens with one attached hydrogen (secondary N) is 1. The van der Waals surface area contributed by atoms with Crippen molar-refractivity contribution in [2.24, 2.45) is 0 Å². The topological polar surface area (TPSA) is 32.3 Å². The Morgan fingerprint density at radius 1 is 1.45 bits per heavy atom. The minimum atomic E-state index is -0.0203. The van der Waals surface area contributed by atoms with E-state index in [0.29, 0.717) is 0 Å². The quantitative estimate of drug-likeness (QED) is 0.620. The Morgan fingerprint density at radius 2 is 2.00 bits per heavy atom. The Hall–Kier alpha value is -0.570. The van der Waals surface area contributed by atoms with E-state index in [9.17, 15) is 4.79 Å². The minimum Gasteiger partial charge on any atom is -0.341 e. The van der Waals surface area contributed by atoms with E-state index in [1.54, 1.807) is 0 Å².